The summed E-state index contributed by atoms with van der Waals surface area (Å²) >= 11 is 0. The molecule has 8 nitrogen and oxygen atoms in total. The zero-order valence-electron chi connectivity index (χ0n) is 30.4. The molecule has 4 atom stereocenters. The average molecular weight is 653 g/mol. The molecular weight excluding hydrogens is 596 g/mol. The van der Waals surface area contributed by atoms with Crippen molar-refractivity contribution < 1.29 is 9.47 Å². The summed E-state index contributed by atoms with van der Waals surface area (Å²) in [6.45, 7) is 16.0. The van der Waals surface area contributed by atoms with Crippen LogP contribution in [0.4, 0.5) is 0 Å². The summed E-state index contributed by atoms with van der Waals surface area (Å²) in [4.78, 5) is 26.6. The minimum Gasteiger partial charge on any atom is -0.382 e. The molecule has 2 aliphatic rings. The van der Waals surface area contributed by atoms with Gasteiger partial charge in [0.2, 0.25) is 0 Å². The second kappa shape index (κ2) is 16.7. The van der Waals surface area contributed by atoms with Gasteiger partial charge in [0.25, 0.3) is 0 Å². The summed E-state index contributed by atoms with van der Waals surface area (Å²) in [7, 11) is 3.53. The van der Waals surface area contributed by atoms with Gasteiger partial charge >= 0.3 is 0 Å². The lowest BCUT2D eigenvalue weighted by molar-refractivity contribution is 0.163. The van der Waals surface area contributed by atoms with Gasteiger partial charge in [0.1, 0.15) is 11.7 Å². The van der Waals surface area contributed by atoms with Crippen molar-refractivity contribution in [3.63, 3.8) is 0 Å². The van der Waals surface area contributed by atoms with E-state index in [0.717, 1.165) is 71.3 Å². The number of ether oxygens (including phenoxy) is 2. The molecule has 5 rings (SSSR count). The van der Waals surface area contributed by atoms with E-state index in [4.69, 9.17) is 29.4 Å². The number of rotatable bonds is 12. The number of aromatic nitrogens is 2. The van der Waals surface area contributed by atoms with Crippen LogP contribution in [0.1, 0.15) is 88.3 Å². The zero-order chi connectivity index (χ0) is 34.2. The van der Waals surface area contributed by atoms with E-state index in [1.54, 1.807) is 14.2 Å². The van der Waals surface area contributed by atoms with Crippen molar-refractivity contribution in [1.82, 2.24) is 19.8 Å². The fraction of sp³-hybridized carbons (Fsp3) is 0.550. The van der Waals surface area contributed by atoms with E-state index in [9.17, 15) is 0 Å². The highest BCUT2D eigenvalue weighted by Gasteiger charge is 2.35. The quantitative estimate of drug-likeness (QED) is 0.155. The van der Waals surface area contributed by atoms with E-state index in [0.29, 0.717) is 38.1 Å². The number of hydrogen-bond acceptors (Lipinski definition) is 6. The Morgan fingerprint density at radius 2 is 1.02 bits per heavy atom. The SMILES string of the molecule is CC[C@@H]1Cc2nc3c(nc2CN1C(=N[C@H](COC)C(C)C)c1ccccc1)C[C@@H](CC)N(C(=N[C@H](COC)C(C)C)c1ccccc1)C3. The maximum atomic E-state index is 5.61. The Balaban J connectivity index is 1.53. The summed E-state index contributed by atoms with van der Waals surface area (Å²) in [5, 5.41) is 0. The molecule has 0 saturated heterocycles. The summed E-state index contributed by atoms with van der Waals surface area (Å²) in [6.07, 6.45) is 3.67. The Bertz CT molecular complexity index is 1410. The van der Waals surface area contributed by atoms with Gasteiger partial charge in [-0.05, 0) is 24.7 Å². The van der Waals surface area contributed by atoms with Crippen LogP contribution in [-0.2, 0) is 35.4 Å². The second-order valence-corrected chi connectivity index (χ2v) is 14.0. The van der Waals surface area contributed by atoms with Crippen LogP contribution < -0.4 is 0 Å². The van der Waals surface area contributed by atoms with Gasteiger partial charge in [0.15, 0.2) is 0 Å². The molecular formula is C40H56N6O2. The predicted molar refractivity (Wildman–Crippen MR) is 196 cm³/mol. The van der Waals surface area contributed by atoms with Crippen LogP contribution in [-0.4, -0.2) is 83.0 Å². The lowest BCUT2D eigenvalue weighted by Gasteiger charge is -2.41. The molecule has 0 fully saturated rings. The molecule has 2 aromatic carbocycles. The van der Waals surface area contributed by atoms with Gasteiger partial charge < -0.3 is 19.3 Å². The van der Waals surface area contributed by atoms with E-state index < -0.39 is 0 Å². The molecule has 0 spiro atoms. The largest absolute Gasteiger partial charge is 0.382 e. The topological polar surface area (TPSA) is 75.4 Å². The van der Waals surface area contributed by atoms with Gasteiger partial charge in [-0.3, -0.25) is 20.0 Å². The fourth-order valence-electron chi connectivity index (χ4n) is 6.85. The first-order valence-electron chi connectivity index (χ1n) is 17.9. The normalized spacial score (nSPS) is 19.8. The smallest absolute Gasteiger partial charge is 0.131 e. The molecule has 0 unspecified atom stereocenters. The number of benzene rings is 2. The highest BCUT2D eigenvalue weighted by molar-refractivity contribution is 6.00. The molecule has 8 heteroatoms. The number of methoxy groups -OCH3 is 2. The maximum Gasteiger partial charge on any atom is 0.131 e. The van der Waals surface area contributed by atoms with E-state index in [-0.39, 0.29) is 24.2 Å². The van der Waals surface area contributed by atoms with Crippen LogP contribution in [0.3, 0.4) is 0 Å². The van der Waals surface area contributed by atoms with Crippen LogP contribution >= 0.6 is 0 Å². The Labute approximate surface area is 288 Å². The van der Waals surface area contributed by atoms with Crippen molar-refractivity contribution in [3.8, 4) is 0 Å². The first-order valence-corrected chi connectivity index (χ1v) is 17.9. The monoisotopic (exact) mass is 652 g/mol. The number of fused-ring (bicyclic) bond motifs is 2. The van der Waals surface area contributed by atoms with Crippen molar-refractivity contribution in [2.75, 3.05) is 27.4 Å². The number of amidine groups is 2. The molecule has 0 radical (unpaired) electrons. The predicted octanol–water partition coefficient (Wildman–Crippen LogP) is 6.99. The van der Waals surface area contributed by atoms with Crippen LogP contribution in [0.2, 0.25) is 0 Å². The third kappa shape index (κ3) is 8.15. The van der Waals surface area contributed by atoms with Crippen LogP contribution in [0.5, 0.6) is 0 Å². The third-order valence-electron chi connectivity index (χ3n) is 9.93. The number of nitrogens with zero attached hydrogens (tertiary/aromatic N) is 6. The average Bonchev–Trinajstić information content (AvgIpc) is 3.10. The minimum atomic E-state index is 0.0645. The summed E-state index contributed by atoms with van der Waals surface area (Å²) in [5.41, 5.74) is 6.66. The van der Waals surface area contributed by atoms with Crippen LogP contribution in [0, 0.1) is 11.8 Å². The highest BCUT2D eigenvalue weighted by atomic mass is 16.5. The third-order valence-corrected chi connectivity index (χ3v) is 9.93. The van der Waals surface area contributed by atoms with Crippen molar-refractivity contribution in [2.24, 2.45) is 21.8 Å². The van der Waals surface area contributed by atoms with Gasteiger partial charge in [0, 0.05) is 50.3 Å². The van der Waals surface area contributed by atoms with Crippen LogP contribution in [0.15, 0.2) is 70.6 Å². The van der Waals surface area contributed by atoms with E-state index in [2.05, 4.69) is 112 Å². The summed E-state index contributed by atoms with van der Waals surface area (Å²) in [6, 6.07) is 21.9. The molecule has 0 amide bonds. The second-order valence-electron chi connectivity index (χ2n) is 14.0. The van der Waals surface area contributed by atoms with E-state index >= 15 is 0 Å². The molecule has 48 heavy (non-hydrogen) atoms. The van der Waals surface area contributed by atoms with E-state index in [1.165, 1.54) is 0 Å². The highest BCUT2D eigenvalue weighted by Crippen LogP contribution is 2.31. The lowest BCUT2D eigenvalue weighted by Crippen LogP contribution is -2.48. The Morgan fingerprint density at radius 1 is 0.646 bits per heavy atom. The van der Waals surface area contributed by atoms with Crippen molar-refractivity contribution in [3.05, 3.63) is 94.6 Å². The molecule has 258 valence electrons. The first-order chi connectivity index (χ1) is 23.3. The molecule has 0 N–H and O–H groups in total. The lowest BCUT2D eigenvalue weighted by atomic mass is 9.94. The van der Waals surface area contributed by atoms with Gasteiger partial charge in [0.05, 0.1) is 61.2 Å². The molecule has 0 aliphatic carbocycles. The molecule has 0 saturated carbocycles. The van der Waals surface area contributed by atoms with Crippen molar-refractivity contribution >= 4 is 11.7 Å². The van der Waals surface area contributed by atoms with E-state index in [1.807, 2.05) is 0 Å². The maximum absolute atomic E-state index is 5.61. The standard InChI is InChI=1S/C40H56N6O2/c1-9-31-21-33-35(23-45(31)39(29-17-13-11-14-18-29)43-37(25-47-7)27(3)4)42-34-22-32(10-2)46(24-36(34)41-33)40(30-19-15-12-16-20-30)44-38(26-48-8)28(5)6/h11-20,27-28,31-32,37-38H,9-10,21-26H2,1-8H3/t31-,32-,37-,38-/m1/s1. The van der Waals surface area contributed by atoms with Gasteiger partial charge in [-0.2, -0.15) is 0 Å². The molecule has 1 aromatic heterocycles. The van der Waals surface area contributed by atoms with Gasteiger partial charge in [-0.1, -0.05) is 102 Å². The van der Waals surface area contributed by atoms with Crippen LogP contribution in [0.25, 0.3) is 0 Å². The number of aliphatic imine (C=N–C) groups is 2. The first kappa shape index (κ1) is 35.7. The zero-order valence-corrected chi connectivity index (χ0v) is 30.4. The Morgan fingerprint density at radius 3 is 1.33 bits per heavy atom. The molecule has 0 bridgehead atoms. The summed E-state index contributed by atoms with van der Waals surface area (Å²) < 4.78 is 11.2. The molecule has 3 aromatic rings. The van der Waals surface area contributed by atoms with Gasteiger partial charge in [-0.25, -0.2) is 0 Å². The Kier molecular flexibility index (Phi) is 12.4. The van der Waals surface area contributed by atoms with Crippen molar-refractivity contribution in [1.29, 1.82) is 0 Å². The van der Waals surface area contributed by atoms with Gasteiger partial charge in [-0.15, -0.1) is 0 Å². The van der Waals surface area contributed by atoms with Crippen molar-refractivity contribution in [2.45, 2.75) is 104 Å². The number of hydrogen-bond donors (Lipinski definition) is 0. The fourth-order valence-corrected chi connectivity index (χ4v) is 6.85. The Hall–Kier alpha value is -3.62. The molecule has 3 heterocycles. The molecule has 2 aliphatic heterocycles. The summed E-state index contributed by atoms with van der Waals surface area (Å²) in [5.74, 6) is 2.77. The minimum absolute atomic E-state index is 0.0645.